The van der Waals surface area contributed by atoms with E-state index in [1.165, 1.54) is 19.2 Å². The van der Waals surface area contributed by atoms with Gasteiger partial charge in [-0.15, -0.1) is 16.0 Å². The lowest BCUT2D eigenvalue weighted by molar-refractivity contribution is -0.780. The van der Waals surface area contributed by atoms with E-state index in [9.17, 15) is 46.8 Å². The summed E-state index contributed by atoms with van der Waals surface area (Å²) < 4.78 is 64.4. The fourth-order valence-corrected chi connectivity index (χ4v) is 8.19. The number of ether oxygens (including phenoxy) is 4. The molecule has 0 spiro atoms. The Morgan fingerprint density at radius 1 is 0.909 bits per heavy atom. The van der Waals surface area contributed by atoms with Crippen molar-refractivity contribution in [3.63, 3.8) is 0 Å². The highest BCUT2D eigenvalue weighted by Crippen LogP contribution is 2.33. The van der Waals surface area contributed by atoms with E-state index in [0.717, 1.165) is 16.9 Å². The van der Waals surface area contributed by atoms with Crippen molar-refractivity contribution in [3.05, 3.63) is 47.7 Å². The number of anilines is 1. The van der Waals surface area contributed by atoms with Gasteiger partial charge in [-0.25, -0.2) is 32.6 Å². The standard InChI is InChI=1S/C48H69N9O18S2/c1-44(2,3)69-39(61)34(72-53-35(33-27-76-40(50-33)52-42(63)70-45(4,5)6)37(59)51-36-38(60)57(48(36,13)14)75-77(65,66)67)26-68-32-17-15-29(16-18-32)30-23-55(22-28-20-54(21-28)43(64)71-46(7,8)9)56(24-30)25-31(58)19-49-41(62)73-74-47(10,11)12/h15-18,23-24,27-28,31,34,36,58H,19-22,25-26H2,1-14H3,(H3-,49,50,51,52,59,62,63,65,66,67)/b53-35-/t31-,34-,36+/m0/s1. The van der Waals surface area contributed by atoms with Gasteiger partial charge in [-0.1, -0.05) is 17.3 Å². The Morgan fingerprint density at radius 3 is 2.10 bits per heavy atom. The molecule has 0 radical (unpaired) electrons. The summed E-state index contributed by atoms with van der Waals surface area (Å²) in [5.74, 6) is -2.84. The van der Waals surface area contributed by atoms with Gasteiger partial charge in [0.25, 0.3) is 17.9 Å². The third-order valence-electron chi connectivity index (χ3n) is 10.4. The predicted molar refractivity (Wildman–Crippen MR) is 271 cm³/mol. The summed E-state index contributed by atoms with van der Waals surface area (Å²) in [5.41, 5.74) is -4.26. The lowest BCUT2D eigenvalue weighted by Crippen LogP contribution is -2.76. The molecule has 77 heavy (non-hydrogen) atoms. The van der Waals surface area contributed by atoms with Crippen LogP contribution in [0.25, 0.3) is 11.1 Å². The zero-order chi connectivity index (χ0) is 57.6. The Labute approximate surface area is 450 Å². The average Bonchev–Trinajstić information content (AvgIpc) is 3.89. The number of aliphatic hydroxyl groups is 1. The average molecular weight is 1120 g/mol. The van der Waals surface area contributed by atoms with E-state index in [2.05, 4.69) is 30.4 Å². The van der Waals surface area contributed by atoms with Crippen LogP contribution in [0.15, 0.2) is 47.2 Å². The van der Waals surface area contributed by atoms with Gasteiger partial charge >= 0.3 is 24.2 Å². The highest BCUT2D eigenvalue weighted by molar-refractivity contribution is 7.80. The van der Waals surface area contributed by atoms with Crippen LogP contribution in [-0.2, 0) is 71.0 Å². The maximum absolute atomic E-state index is 14.0. The minimum Gasteiger partial charge on any atom is -0.724 e. The number of nitrogens with one attached hydrogen (secondary N) is 3. The smallest absolute Gasteiger partial charge is 0.438 e. The molecule has 27 nitrogen and oxygen atoms in total. The fraction of sp³-hybridized carbons (Fsp3) is 0.604. The number of esters is 1. The Bertz CT molecular complexity index is 2760. The van der Waals surface area contributed by atoms with E-state index < -0.39 is 105 Å². The lowest BCUT2D eigenvalue weighted by Gasteiger charge is -2.51. The number of rotatable bonds is 20. The van der Waals surface area contributed by atoms with Crippen molar-refractivity contribution in [2.45, 2.75) is 156 Å². The van der Waals surface area contributed by atoms with Crippen molar-refractivity contribution < 1.29 is 89.4 Å². The zero-order valence-corrected chi connectivity index (χ0v) is 47.1. The molecular weight excluding hydrogens is 1050 g/mol. The molecule has 4 heterocycles. The molecule has 3 atom stereocenters. The van der Waals surface area contributed by atoms with Gasteiger partial charge in [0.1, 0.15) is 52.6 Å². The quantitative estimate of drug-likeness (QED) is 0.0143. The number of carbonyl (C=O) groups excluding carboxylic acids is 6. The van der Waals surface area contributed by atoms with Gasteiger partial charge in [0, 0.05) is 24.4 Å². The fourth-order valence-electron chi connectivity index (χ4n) is 7.06. The van der Waals surface area contributed by atoms with Crippen molar-refractivity contribution in [1.29, 1.82) is 0 Å². The van der Waals surface area contributed by atoms with Crippen LogP contribution < -0.4 is 25.4 Å². The molecule has 2 aromatic heterocycles. The first-order valence-electron chi connectivity index (χ1n) is 24.2. The lowest BCUT2D eigenvalue weighted by atomic mass is 9.84. The molecule has 3 aromatic rings. The van der Waals surface area contributed by atoms with Gasteiger partial charge in [0.15, 0.2) is 17.4 Å². The Kier molecular flexibility index (Phi) is 19.0. The van der Waals surface area contributed by atoms with Crippen LogP contribution in [-0.4, -0.2) is 152 Å². The molecule has 5 amide bonds. The molecule has 426 valence electrons. The number of likely N-dealkylation sites (tertiary alicyclic amines) is 1. The Hall–Kier alpha value is -6.66. The van der Waals surface area contributed by atoms with E-state index in [0.29, 0.717) is 30.3 Å². The number of oxime groups is 1. The zero-order valence-electron chi connectivity index (χ0n) is 45.5. The second-order valence-electron chi connectivity index (χ2n) is 22.6. The van der Waals surface area contributed by atoms with Crippen LogP contribution in [0.5, 0.6) is 5.75 Å². The first-order chi connectivity index (χ1) is 35.3. The number of carbonyl (C=O) groups is 6. The molecule has 5 rings (SSSR count). The number of hydrogen-bond donors (Lipinski definition) is 4. The first kappa shape index (κ1) is 61.2. The monoisotopic (exact) mass is 1120 g/mol. The maximum Gasteiger partial charge on any atom is 0.438 e. The van der Waals surface area contributed by atoms with Crippen LogP contribution in [0.3, 0.4) is 0 Å². The molecule has 2 saturated heterocycles. The molecule has 4 N–H and O–H groups in total. The molecule has 0 saturated carbocycles. The minimum atomic E-state index is -5.37. The Balaban J connectivity index is 1.37. The summed E-state index contributed by atoms with van der Waals surface area (Å²) in [7, 11) is -5.37. The molecule has 0 bridgehead atoms. The maximum atomic E-state index is 14.0. The van der Waals surface area contributed by atoms with Gasteiger partial charge in [0.2, 0.25) is 16.6 Å². The topological polar surface area (TPSA) is 330 Å². The molecule has 2 fully saturated rings. The van der Waals surface area contributed by atoms with Gasteiger partial charge in [-0.05, 0) is 115 Å². The second kappa shape index (κ2) is 23.9. The summed E-state index contributed by atoms with van der Waals surface area (Å²) in [5, 5.41) is 23.9. The summed E-state index contributed by atoms with van der Waals surface area (Å²) in [6.07, 6.45) is -1.18. The molecule has 2 aliphatic rings. The first-order valence-corrected chi connectivity index (χ1v) is 26.4. The van der Waals surface area contributed by atoms with Gasteiger partial charge in [-0.2, -0.15) is 18.9 Å². The highest BCUT2D eigenvalue weighted by Gasteiger charge is 2.57. The summed E-state index contributed by atoms with van der Waals surface area (Å²) in [6.45, 7) is 23.6. The molecular formula is C48H69N9O18S2. The van der Waals surface area contributed by atoms with Crippen LogP contribution >= 0.6 is 11.3 Å². The molecule has 29 heteroatoms. The molecule has 2 aliphatic heterocycles. The highest BCUT2D eigenvalue weighted by atomic mass is 32.3. The molecule has 0 unspecified atom stereocenters. The number of benzene rings is 1. The van der Waals surface area contributed by atoms with Gasteiger partial charge in [0.05, 0.1) is 30.4 Å². The van der Waals surface area contributed by atoms with E-state index in [-0.39, 0.29) is 35.6 Å². The summed E-state index contributed by atoms with van der Waals surface area (Å²) in [6, 6.07) is 5.27. The number of amides is 5. The third-order valence-corrected chi connectivity index (χ3v) is 11.5. The van der Waals surface area contributed by atoms with E-state index >= 15 is 0 Å². The summed E-state index contributed by atoms with van der Waals surface area (Å²) in [4.78, 5) is 99.5. The van der Waals surface area contributed by atoms with Crippen LogP contribution in [0.4, 0.5) is 19.5 Å². The van der Waals surface area contributed by atoms with Crippen molar-refractivity contribution in [1.82, 2.24) is 30.3 Å². The predicted octanol–water partition coefficient (Wildman–Crippen LogP) is 3.94. The number of β-lactam (4-membered cyclic amide) rings is 1. The van der Waals surface area contributed by atoms with E-state index in [4.69, 9.17) is 33.6 Å². The SMILES string of the molecule is CC(C)(C)OOC(=O)NC[C@H](O)C[n+]1cc(-c2ccc(OC[C@H](O/N=C(\C(=O)N[C@@H]3C(=O)N(OS(=O)(=O)[O-])C3(C)C)c3csc(NC(=O)OC(C)(C)C)n3)C(=O)OC(C)(C)C)cc2)cn1CC1CN(C(=O)OC(C)(C)C)C1. The number of nitrogens with zero attached hydrogens (tertiary/aromatic N) is 6. The normalized spacial score (nSPS) is 17.0. The van der Waals surface area contributed by atoms with Crippen LogP contribution in [0.2, 0.25) is 0 Å². The number of aliphatic hydroxyl groups excluding tert-OH is 1. The van der Waals surface area contributed by atoms with Crippen LogP contribution in [0, 0.1) is 5.92 Å². The second-order valence-corrected chi connectivity index (χ2v) is 24.4. The number of aromatic nitrogens is 3. The molecule has 1 aromatic carbocycles. The van der Waals surface area contributed by atoms with Crippen molar-refractivity contribution >= 4 is 68.6 Å². The van der Waals surface area contributed by atoms with Crippen LogP contribution in [0.1, 0.15) is 103 Å². The van der Waals surface area contributed by atoms with E-state index in [1.54, 1.807) is 117 Å². The van der Waals surface area contributed by atoms with E-state index in [1.807, 2.05) is 17.1 Å². The van der Waals surface area contributed by atoms with Gasteiger partial charge in [-0.3, -0.25) is 19.8 Å². The van der Waals surface area contributed by atoms with Crippen molar-refractivity contribution in [2.75, 3.05) is 31.6 Å². The largest absolute Gasteiger partial charge is 0.724 e. The number of hydrogen-bond acceptors (Lipinski definition) is 21. The third kappa shape index (κ3) is 18.8. The van der Waals surface area contributed by atoms with Crippen molar-refractivity contribution in [2.24, 2.45) is 11.1 Å². The number of thiazole rings is 1. The van der Waals surface area contributed by atoms with Gasteiger partial charge < -0.3 is 49.0 Å². The summed E-state index contributed by atoms with van der Waals surface area (Å²) >= 11 is 0.863. The Morgan fingerprint density at radius 2 is 1.53 bits per heavy atom. The minimum absolute atomic E-state index is 0.0431. The number of hydroxylamine groups is 2. The molecule has 0 aliphatic carbocycles. The van der Waals surface area contributed by atoms with Crippen molar-refractivity contribution in [3.8, 4) is 16.9 Å².